The number of esters is 1. The summed E-state index contributed by atoms with van der Waals surface area (Å²) >= 11 is 0. The van der Waals surface area contributed by atoms with Gasteiger partial charge in [0.25, 0.3) is 0 Å². The van der Waals surface area contributed by atoms with Crippen LogP contribution in [0.5, 0.6) is 5.75 Å². The Morgan fingerprint density at radius 1 is 1.06 bits per heavy atom. The predicted molar refractivity (Wildman–Crippen MR) is 132 cm³/mol. The van der Waals surface area contributed by atoms with Gasteiger partial charge in [0.15, 0.2) is 0 Å². The van der Waals surface area contributed by atoms with Crippen molar-refractivity contribution in [1.82, 2.24) is 4.57 Å². The number of benzene rings is 2. The van der Waals surface area contributed by atoms with E-state index < -0.39 is 31.3 Å². The standard InChI is InChI=1S/C28H32F3NO3/c1-6-20-7-9-21(10-8-20)25-13-22-11-12-24(14-26(22)32(25)15-18(2)3)34-16-23(28(29,30)31)17-35-27(33)19(4)5/h7-14,18,23H,4,6,15-17H2,1-3,5H3. The molecule has 0 spiro atoms. The van der Waals surface area contributed by atoms with Gasteiger partial charge < -0.3 is 14.0 Å². The molecule has 0 bridgehead atoms. The monoisotopic (exact) mass is 487 g/mol. The zero-order valence-electron chi connectivity index (χ0n) is 20.6. The number of hydrogen-bond donors (Lipinski definition) is 0. The van der Waals surface area contributed by atoms with Crippen molar-refractivity contribution in [3.8, 4) is 17.0 Å². The van der Waals surface area contributed by atoms with Gasteiger partial charge in [0.05, 0.1) is 5.52 Å². The Hall–Kier alpha value is -3.22. The van der Waals surface area contributed by atoms with E-state index in [1.54, 1.807) is 12.1 Å². The van der Waals surface area contributed by atoms with Crippen molar-refractivity contribution >= 4 is 16.9 Å². The number of rotatable bonds is 10. The highest BCUT2D eigenvalue weighted by Crippen LogP contribution is 2.33. The lowest BCUT2D eigenvalue weighted by atomic mass is 10.1. The van der Waals surface area contributed by atoms with Crippen molar-refractivity contribution in [2.75, 3.05) is 13.2 Å². The highest BCUT2D eigenvalue weighted by atomic mass is 19.4. The number of carbonyl (C=O) groups excluding carboxylic acids is 1. The van der Waals surface area contributed by atoms with Gasteiger partial charge in [-0.2, -0.15) is 13.2 Å². The van der Waals surface area contributed by atoms with Crippen LogP contribution in [-0.4, -0.2) is 29.9 Å². The summed E-state index contributed by atoms with van der Waals surface area (Å²) in [7, 11) is 0. The Morgan fingerprint density at radius 3 is 2.31 bits per heavy atom. The second kappa shape index (κ2) is 11.0. The molecule has 0 amide bonds. The first-order valence-electron chi connectivity index (χ1n) is 11.7. The molecule has 1 aromatic heterocycles. The van der Waals surface area contributed by atoms with E-state index >= 15 is 0 Å². The number of aromatic nitrogens is 1. The fourth-order valence-electron chi connectivity index (χ4n) is 3.77. The van der Waals surface area contributed by atoms with Crippen LogP contribution in [0.15, 0.2) is 60.7 Å². The van der Waals surface area contributed by atoms with Gasteiger partial charge in [-0.15, -0.1) is 0 Å². The maximum Gasteiger partial charge on any atom is 0.398 e. The third kappa shape index (κ3) is 6.68. The molecule has 0 fully saturated rings. The molecule has 7 heteroatoms. The molecule has 0 aliphatic rings. The Balaban J connectivity index is 1.88. The van der Waals surface area contributed by atoms with Crippen molar-refractivity contribution in [1.29, 1.82) is 0 Å². The van der Waals surface area contributed by atoms with Gasteiger partial charge in [-0.05, 0) is 48.6 Å². The summed E-state index contributed by atoms with van der Waals surface area (Å²) in [6.07, 6.45) is -3.61. The van der Waals surface area contributed by atoms with Crippen LogP contribution in [0, 0.1) is 11.8 Å². The summed E-state index contributed by atoms with van der Waals surface area (Å²) < 4.78 is 52.9. The molecule has 0 saturated heterocycles. The lowest BCUT2D eigenvalue weighted by molar-refractivity contribution is -0.196. The lowest BCUT2D eigenvalue weighted by Gasteiger charge is -2.20. The SMILES string of the molecule is C=C(C)C(=O)OCC(COc1ccc2cc(-c3ccc(CC)cc3)n(CC(C)C)c2c1)C(F)(F)F. The molecule has 1 heterocycles. The number of aryl methyl sites for hydroxylation is 1. The number of ether oxygens (including phenoxy) is 2. The van der Waals surface area contributed by atoms with Crippen LogP contribution >= 0.6 is 0 Å². The van der Waals surface area contributed by atoms with Gasteiger partial charge in [0.1, 0.15) is 24.9 Å². The average Bonchev–Trinajstić information content (AvgIpc) is 3.15. The first-order chi connectivity index (χ1) is 16.5. The number of fused-ring (bicyclic) bond motifs is 1. The van der Waals surface area contributed by atoms with E-state index in [0.717, 1.165) is 35.1 Å². The van der Waals surface area contributed by atoms with Gasteiger partial charge in [-0.1, -0.05) is 51.6 Å². The molecular formula is C28H32F3NO3. The highest BCUT2D eigenvalue weighted by Gasteiger charge is 2.41. The minimum Gasteiger partial charge on any atom is -0.493 e. The zero-order chi connectivity index (χ0) is 25.8. The molecule has 4 nitrogen and oxygen atoms in total. The van der Waals surface area contributed by atoms with E-state index in [0.29, 0.717) is 11.7 Å². The van der Waals surface area contributed by atoms with Crippen LogP contribution in [0.3, 0.4) is 0 Å². The number of carbonyl (C=O) groups is 1. The molecule has 0 N–H and O–H groups in total. The van der Waals surface area contributed by atoms with Gasteiger partial charge >= 0.3 is 12.1 Å². The summed E-state index contributed by atoms with van der Waals surface area (Å²) in [4.78, 5) is 11.5. The van der Waals surface area contributed by atoms with Crippen molar-refractivity contribution in [3.05, 3.63) is 66.2 Å². The third-order valence-electron chi connectivity index (χ3n) is 5.76. The predicted octanol–water partition coefficient (Wildman–Crippen LogP) is 7.20. The quantitative estimate of drug-likeness (QED) is 0.224. The number of alkyl halides is 3. The highest BCUT2D eigenvalue weighted by molar-refractivity contribution is 5.88. The van der Waals surface area contributed by atoms with E-state index in [2.05, 4.69) is 62.2 Å². The first-order valence-corrected chi connectivity index (χ1v) is 11.7. The van der Waals surface area contributed by atoms with Gasteiger partial charge in [-0.3, -0.25) is 0 Å². The molecule has 2 aromatic carbocycles. The molecule has 0 aliphatic heterocycles. The van der Waals surface area contributed by atoms with E-state index in [9.17, 15) is 18.0 Å². The van der Waals surface area contributed by atoms with E-state index in [-0.39, 0.29) is 5.57 Å². The Kier molecular flexibility index (Phi) is 8.30. The van der Waals surface area contributed by atoms with Crippen LogP contribution < -0.4 is 4.74 Å². The fraction of sp³-hybridized carbons (Fsp3) is 0.393. The van der Waals surface area contributed by atoms with Crippen LogP contribution in [0.1, 0.15) is 33.3 Å². The molecule has 0 aliphatic carbocycles. The summed E-state index contributed by atoms with van der Waals surface area (Å²) in [5, 5.41) is 0.982. The molecule has 188 valence electrons. The normalized spacial score (nSPS) is 12.7. The van der Waals surface area contributed by atoms with E-state index in [1.165, 1.54) is 12.5 Å². The van der Waals surface area contributed by atoms with Crippen molar-refractivity contribution < 1.29 is 27.4 Å². The smallest absolute Gasteiger partial charge is 0.398 e. The molecule has 0 saturated carbocycles. The Bertz CT molecular complexity index is 1180. The number of nitrogens with zero attached hydrogens (tertiary/aromatic N) is 1. The fourth-order valence-corrected chi connectivity index (χ4v) is 3.77. The minimum absolute atomic E-state index is 0.0448. The van der Waals surface area contributed by atoms with E-state index in [4.69, 9.17) is 9.47 Å². The molecule has 1 unspecified atom stereocenters. The number of halogens is 3. The summed E-state index contributed by atoms with van der Waals surface area (Å²) in [6, 6.07) is 15.8. The maximum absolute atomic E-state index is 13.5. The largest absolute Gasteiger partial charge is 0.493 e. The second-order valence-electron chi connectivity index (χ2n) is 9.23. The van der Waals surface area contributed by atoms with Crippen LogP contribution in [0.25, 0.3) is 22.2 Å². The zero-order valence-corrected chi connectivity index (χ0v) is 20.6. The van der Waals surface area contributed by atoms with Gasteiger partial charge in [0, 0.05) is 29.3 Å². The molecule has 0 radical (unpaired) electrons. The Labute approximate surface area is 204 Å². The topological polar surface area (TPSA) is 40.5 Å². The van der Waals surface area contributed by atoms with Crippen molar-refractivity contribution in [3.63, 3.8) is 0 Å². The summed E-state index contributed by atoms with van der Waals surface area (Å²) in [5.41, 5.74) is 4.32. The van der Waals surface area contributed by atoms with Gasteiger partial charge in [-0.25, -0.2) is 4.79 Å². The summed E-state index contributed by atoms with van der Waals surface area (Å²) in [6.45, 7) is 10.4. The molecule has 1 atom stereocenters. The summed E-state index contributed by atoms with van der Waals surface area (Å²) in [5.74, 6) is -2.11. The first kappa shape index (κ1) is 26.4. The molecule has 35 heavy (non-hydrogen) atoms. The van der Waals surface area contributed by atoms with Crippen molar-refractivity contribution in [2.45, 2.75) is 46.8 Å². The van der Waals surface area contributed by atoms with Crippen LogP contribution in [0.4, 0.5) is 13.2 Å². The average molecular weight is 488 g/mol. The van der Waals surface area contributed by atoms with Crippen LogP contribution in [-0.2, 0) is 22.5 Å². The second-order valence-corrected chi connectivity index (χ2v) is 9.23. The molecule has 3 rings (SSSR count). The molecule has 3 aromatic rings. The van der Waals surface area contributed by atoms with Gasteiger partial charge in [0.2, 0.25) is 0 Å². The lowest BCUT2D eigenvalue weighted by Crippen LogP contribution is -2.33. The van der Waals surface area contributed by atoms with Crippen LogP contribution in [0.2, 0.25) is 0 Å². The maximum atomic E-state index is 13.5. The molecular weight excluding hydrogens is 455 g/mol. The third-order valence-corrected chi connectivity index (χ3v) is 5.76. The Morgan fingerprint density at radius 2 is 1.74 bits per heavy atom. The van der Waals surface area contributed by atoms with Crippen molar-refractivity contribution in [2.24, 2.45) is 11.8 Å². The minimum atomic E-state index is -4.57. The number of hydrogen-bond acceptors (Lipinski definition) is 3. The van der Waals surface area contributed by atoms with E-state index in [1.807, 2.05) is 6.07 Å².